The molecule has 0 saturated carbocycles. The second-order valence-corrected chi connectivity index (χ2v) is 2.90. The van der Waals surface area contributed by atoms with Crippen molar-refractivity contribution in [3.8, 4) is 6.07 Å². The maximum absolute atomic E-state index is 8.66. The van der Waals surface area contributed by atoms with Gasteiger partial charge >= 0.3 is 0 Å². The Hall–Kier alpha value is -1.66. The van der Waals surface area contributed by atoms with Crippen molar-refractivity contribution in [2.75, 3.05) is 0 Å². The molecule has 0 unspecified atom stereocenters. The molecule has 0 aliphatic carbocycles. The molecule has 0 radical (unpaired) electrons. The molecule has 0 spiro atoms. The van der Waals surface area contributed by atoms with Crippen LogP contribution in [0.25, 0.3) is 11.0 Å². The molecule has 0 aliphatic rings. The average molecular weight is 190 g/mol. The van der Waals surface area contributed by atoms with Crippen LogP contribution in [0.15, 0.2) is 24.5 Å². The Kier molecular flexibility index (Phi) is 1.84. The molecule has 0 N–H and O–H groups in total. The first kappa shape index (κ1) is 7.96. The molecule has 1 aromatic heterocycles. The lowest BCUT2D eigenvalue weighted by molar-refractivity contribution is 1.29. The van der Waals surface area contributed by atoms with E-state index >= 15 is 0 Å². The highest BCUT2D eigenvalue weighted by Gasteiger charge is 2.02. The quantitative estimate of drug-likeness (QED) is 0.638. The van der Waals surface area contributed by atoms with Crippen LogP contribution in [0.1, 0.15) is 5.56 Å². The van der Waals surface area contributed by atoms with E-state index in [1.54, 1.807) is 24.5 Å². The molecule has 62 valence electrons. The predicted octanol–water partition coefficient (Wildman–Crippen LogP) is 2.15. The summed E-state index contributed by atoms with van der Waals surface area (Å²) in [6.45, 7) is 0. The van der Waals surface area contributed by atoms with Crippen LogP contribution in [0, 0.1) is 11.3 Å². The van der Waals surface area contributed by atoms with Gasteiger partial charge in [0.1, 0.15) is 5.52 Å². The van der Waals surface area contributed by atoms with Gasteiger partial charge in [-0.2, -0.15) is 5.26 Å². The normalized spacial score (nSPS) is 9.85. The summed E-state index contributed by atoms with van der Waals surface area (Å²) >= 11 is 5.89. The van der Waals surface area contributed by atoms with Gasteiger partial charge in [-0.05, 0) is 12.1 Å². The molecule has 0 aliphatic heterocycles. The summed E-state index contributed by atoms with van der Waals surface area (Å²) in [6, 6.07) is 5.25. The zero-order chi connectivity index (χ0) is 9.26. The molecule has 2 rings (SSSR count). The summed E-state index contributed by atoms with van der Waals surface area (Å²) in [6.07, 6.45) is 3.14. The molecule has 13 heavy (non-hydrogen) atoms. The van der Waals surface area contributed by atoms with Crippen molar-refractivity contribution >= 4 is 22.6 Å². The Labute approximate surface area is 79.6 Å². The summed E-state index contributed by atoms with van der Waals surface area (Å²) in [5.74, 6) is 0. The standard InChI is InChI=1S/C9H4ClN3/c10-7-3-6(5-11)4-8-9(7)13-2-1-12-8/h1-4H. The summed E-state index contributed by atoms with van der Waals surface area (Å²) in [5, 5.41) is 9.13. The van der Waals surface area contributed by atoms with Crippen molar-refractivity contribution in [1.29, 1.82) is 5.26 Å². The smallest absolute Gasteiger partial charge is 0.107 e. The van der Waals surface area contributed by atoms with Gasteiger partial charge in [0.25, 0.3) is 0 Å². The van der Waals surface area contributed by atoms with E-state index < -0.39 is 0 Å². The van der Waals surface area contributed by atoms with E-state index in [2.05, 4.69) is 9.97 Å². The number of hydrogen-bond donors (Lipinski definition) is 0. The molecule has 1 aromatic carbocycles. The van der Waals surface area contributed by atoms with Gasteiger partial charge in [0.15, 0.2) is 0 Å². The molecular formula is C9H4ClN3. The monoisotopic (exact) mass is 189 g/mol. The van der Waals surface area contributed by atoms with Crippen LogP contribution < -0.4 is 0 Å². The Bertz CT molecular complexity index is 502. The zero-order valence-corrected chi connectivity index (χ0v) is 7.28. The molecule has 1 heterocycles. The Morgan fingerprint density at radius 1 is 1.23 bits per heavy atom. The number of rotatable bonds is 0. The number of hydrogen-bond acceptors (Lipinski definition) is 3. The fourth-order valence-electron chi connectivity index (χ4n) is 1.10. The third-order valence-corrected chi connectivity index (χ3v) is 1.94. The lowest BCUT2D eigenvalue weighted by Gasteiger charge is -1.97. The SMILES string of the molecule is N#Cc1cc(Cl)c2nccnc2c1. The van der Waals surface area contributed by atoms with Gasteiger partial charge in [-0.25, -0.2) is 0 Å². The average Bonchev–Trinajstić information content (AvgIpc) is 2.18. The van der Waals surface area contributed by atoms with E-state index in [0.29, 0.717) is 21.6 Å². The van der Waals surface area contributed by atoms with Crippen molar-refractivity contribution in [1.82, 2.24) is 9.97 Å². The van der Waals surface area contributed by atoms with Crippen LogP contribution in [-0.4, -0.2) is 9.97 Å². The largest absolute Gasteiger partial charge is 0.253 e. The fraction of sp³-hybridized carbons (Fsp3) is 0. The Balaban J connectivity index is 2.86. The van der Waals surface area contributed by atoms with Crippen molar-refractivity contribution in [3.05, 3.63) is 35.1 Å². The molecule has 0 bridgehead atoms. The number of benzene rings is 1. The Morgan fingerprint density at radius 2 is 2.00 bits per heavy atom. The van der Waals surface area contributed by atoms with Crippen LogP contribution >= 0.6 is 11.6 Å². The molecule has 0 fully saturated rings. The highest BCUT2D eigenvalue weighted by molar-refractivity contribution is 6.35. The molecule has 3 nitrogen and oxygen atoms in total. The minimum atomic E-state index is 0.460. The Morgan fingerprint density at radius 3 is 2.77 bits per heavy atom. The summed E-state index contributed by atoms with van der Waals surface area (Å²) in [5.41, 5.74) is 1.77. The van der Waals surface area contributed by atoms with Crippen molar-refractivity contribution in [2.45, 2.75) is 0 Å². The van der Waals surface area contributed by atoms with Gasteiger partial charge in [0, 0.05) is 12.4 Å². The summed E-state index contributed by atoms with van der Waals surface area (Å²) in [4.78, 5) is 8.10. The maximum atomic E-state index is 8.66. The second-order valence-electron chi connectivity index (χ2n) is 2.49. The fourth-order valence-corrected chi connectivity index (χ4v) is 1.36. The molecular weight excluding hydrogens is 186 g/mol. The van der Waals surface area contributed by atoms with E-state index in [4.69, 9.17) is 16.9 Å². The minimum absolute atomic E-state index is 0.460. The number of nitrogens with zero attached hydrogens (tertiary/aromatic N) is 3. The lowest BCUT2D eigenvalue weighted by Crippen LogP contribution is -1.85. The van der Waals surface area contributed by atoms with Crippen LogP contribution in [0.4, 0.5) is 0 Å². The van der Waals surface area contributed by atoms with Gasteiger partial charge in [0.05, 0.1) is 22.2 Å². The van der Waals surface area contributed by atoms with Crippen LogP contribution in [0.5, 0.6) is 0 Å². The topological polar surface area (TPSA) is 49.6 Å². The van der Waals surface area contributed by atoms with Crippen LogP contribution in [0.3, 0.4) is 0 Å². The highest BCUT2D eigenvalue weighted by Crippen LogP contribution is 2.21. The number of fused-ring (bicyclic) bond motifs is 1. The van der Waals surface area contributed by atoms with Gasteiger partial charge in [-0.3, -0.25) is 9.97 Å². The van der Waals surface area contributed by atoms with E-state index in [1.165, 1.54) is 0 Å². The minimum Gasteiger partial charge on any atom is -0.253 e. The van der Waals surface area contributed by atoms with Crippen molar-refractivity contribution in [3.63, 3.8) is 0 Å². The van der Waals surface area contributed by atoms with E-state index in [9.17, 15) is 0 Å². The van der Waals surface area contributed by atoms with Crippen molar-refractivity contribution in [2.24, 2.45) is 0 Å². The molecule has 2 aromatic rings. The van der Waals surface area contributed by atoms with E-state index in [0.717, 1.165) is 0 Å². The molecule has 0 atom stereocenters. The predicted molar refractivity (Wildman–Crippen MR) is 49.3 cm³/mol. The lowest BCUT2D eigenvalue weighted by atomic mass is 10.2. The molecule has 0 amide bonds. The highest BCUT2D eigenvalue weighted by atomic mass is 35.5. The van der Waals surface area contributed by atoms with Gasteiger partial charge < -0.3 is 0 Å². The first-order valence-corrected chi connectivity index (χ1v) is 3.99. The number of halogens is 1. The van der Waals surface area contributed by atoms with E-state index in [-0.39, 0.29) is 0 Å². The third-order valence-electron chi connectivity index (χ3n) is 1.66. The van der Waals surface area contributed by atoms with Crippen LogP contribution in [-0.2, 0) is 0 Å². The number of nitriles is 1. The first-order valence-electron chi connectivity index (χ1n) is 3.61. The van der Waals surface area contributed by atoms with E-state index in [1.807, 2.05) is 6.07 Å². The second kappa shape index (κ2) is 3.00. The summed E-state index contributed by atoms with van der Waals surface area (Å²) < 4.78 is 0. The van der Waals surface area contributed by atoms with Crippen molar-refractivity contribution < 1.29 is 0 Å². The number of aromatic nitrogens is 2. The van der Waals surface area contributed by atoms with Gasteiger partial charge in [-0.15, -0.1) is 0 Å². The van der Waals surface area contributed by atoms with Crippen LogP contribution in [0.2, 0.25) is 5.02 Å². The zero-order valence-electron chi connectivity index (χ0n) is 6.53. The third kappa shape index (κ3) is 1.32. The van der Waals surface area contributed by atoms with Gasteiger partial charge in [0.2, 0.25) is 0 Å². The van der Waals surface area contributed by atoms with Gasteiger partial charge in [-0.1, -0.05) is 11.6 Å². The molecule has 4 heteroatoms. The summed E-state index contributed by atoms with van der Waals surface area (Å²) in [7, 11) is 0. The first-order chi connectivity index (χ1) is 6.31. The maximum Gasteiger partial charge on any atom is 0.107 e. The molecule has 0 saturated heterocycles.